The number of benzene rings is 2. The van der Waals surface area contributed by atoms with Crippen LogP contribution in [-0.2, 0) is 0 Å². The van der Waals surface area contributed by atoms with Crippen LogP contribution in [0, 0.1) is 0 Å². The van der Waals surface area contributed by atoms with Crippen molar-refractivity contribution in [3.63, 3.8) is 0 Å². The lowest BCUT2D eigenvalue weighted by Gasteiger charge is -2.11. The average molecular weight is 265 g/mol. The van der Waals surface area contributed by atoms with E-state index in [1.54, 1.807) is 18.7 Å². The van der Waals surface area contributed by atoms with Crippen LogP contribution in [0.2, 0.25) is 5.02 Å². The fourth-order valence-electron chi connectivity index (χ4n) is 1.56. The Bertz CT molecular complexity index is 511. The van der Waals surface area contributed by atoms with Gasteiger partial charge in [0, 0.05) is 9.79 Å². The van der Waals surface area contributed by atoms with E-state index in [-0.39, 0.29) is 0 Å². The first-order valence-electron chi connectivity index (χ1n) is 5.38. The van der Waals surface area contributed by atoms with Gasteiger partial charge in [-0.2, -0.15) is 0 Å². The second kappa shape index (κ2) is 5.58. The van der Waals surface area contributed by atoms with Crippen LogP contribution in [0.25, 0.3) is 0 Å². The minimum Gasteiger partial charge on any atom is -0.389 e. The zero-order chi connectivity index (χ0) is 12.3. The van der Waals surface area contributed by atoms with Crippen molar-refractivity contribution < 1.29 is 5.11 Å². The maximum absolute atomic E-state index is 9.71. The molecule has 0 saturated heterocycles. The smallest absolute Gasteiger partial charge is 0.0772 e. The van der Waals surface area contributed by atoms with E-state index in [4.69, 9.17) is 11.6 Å². The minimum atomic E-state index is -0.471. The Morgan fingerprint density at radius 1 is 1.00 bits per heavy atom. The molecule has 1 atom stereocenters. The maximum atomic E-state index is 9.71. The van der Waals surface area contributed by atoms with Crippen LogP contribution in [0.3, 0.4) is 0 Å². The third-order valence-electron chi connectivity index (χ3n) is 2.43. The predicted molar refractivity (Wildman–Crippen MR) is 72.7 cm³/mol. The SMILES string of the molecule is C[C@H](O)c1ccccc1Sc1ccccc1Cl. The Morgan fingerprint density at radius 3 is 2.24 bits per heavy atom. The van der Waals surface area contributed by atoms with Crippen molar-refractivity contribution in [2.75, 3.05) is 0 Å². The van der Waals surface area contributed by atoms with E-state index in [0.717, 1.165) is 20.4 Å². The summed E-state index contributed by atoms with van der Waals surface area (Å²) in [6, 6.07) is 15.5. The molecule has 1 N–H and O–H groups in total. The van der Waals surface area contributed by atoms with Gasteiger partial charge in [0.2, 0.25) is 0 Å². The van der Waals surface area contributed by atoms with Gasteiger partial charge in [-0.15, -0.1) is 0 Å². The minimum absolute atomic E-state index is 0.471. The summed E-state index contributed by atoms with van der Waals surface area (Å²) in [5, 5.41) is 10.4. The summed E-state index contributed by atoms with van der Waals surface area (Å²) in [7, 11) is 0. The van der Waals surface area contributed by atoms with E-state index in [1.807, 2.05) is 48.5 Å². The Balaban J connectivity index is 2.34. The third kappa shape index (κ3) is 3.03. The lowest BCUT2D eigenvalue weighted by molar-refractivity contribution is 0.196. The van der Waals surface area contributed by atoms with Crippen LogP contribution >= 0.6 is 23.4 Å². The topological polar surface area (TPSA) is 20.2 Å². The molecule has 2 aromatic carbocycles. The standard InChI is InChI=1S/C14H13ClOS/c1-10(16)11-6-2-4-8-13(11)17-14-9-5-3-7-12(14)15/h2-10,16H,1H3/t10-/m0/s1. The number of rotatable bonds is 3. The number of halogens is 1. The molecule has 0 aromatic heterocycles. The first-order valence-corrected chi connectivity index (χ1v) is 6.57. The van der Waals surface area contributed by atoms with Crippen LogP contribution in [0.5, 0.6) is 0 Å². The summed E-state index contributed by atoms with van der Waals surface area (Å²) < 4.78 is 0. The highest BCUT2D eigenvalue weighted by molar-refractivity contribution is 7.99. The Morgan fingerprint density at radius 2 is 1.59 bits per heavy atom. The largest absolute Gasteiger partial charge is 0.389 e. The van der Waals surface area contributed by atoms with Gasteiger partial charge in [0.1, 0.15) is 0 Å². The van der Waals surface area contributed by atoms with Crippen molar-refractivity contribution in [2.24, 2.45) is 0 Å². The lowest BCUT2D eigenvalue weighted by atomic mass is 10.1. The van der Waals surface area contributed by atoms with E-state index < -0.39 is 6.10 Å². The molecule has 1 nitrogen and oxygen atoms in total. The van der Waals surface area contributed by atoms with Crippen molar-refractivity contribution in [1.29, 1.82) is 0 Å². The molecule has 0 aliphatic carbocycles. The second-order valence-electron chi connectivity index (χ2n) is 3.75. The van der Waals surface area contributed by atoms with E-state index in [0.29, 0.717) is 0 Å². The monoisotopic (exact) mass is 264 g/mol. The van der Waals surface area contributed by atoms with Crippen molar-refractivity contribution >= 4 is 23.4 Å². The van der Waals surface area contributed by atoms with Crippen LogP contribution in [0.4, 0.5) is 0 Å². The first kappa shape index (κ1) is 12.5. The zero-order valence-electron chi connectivity index (χ0n) is 9.43. The summed E-state index contributed by atoms with van der Waals surface area (Å²) in [6.07, 6.45) is -0.471. The summed E-state index contributed by atoms with van der Waals surface area (Å²) in [4.78, 5) is 2.04. The molecule has 0 saturated carbocycles. The molecule has 17 heavy (non-hydrogen) atoms. The van der Waals surface area contributed by atoms with Gasteiger partial charge < -0.3 is 5.11 Å². The number of hydrogen-bond donors (Lipinski definition) is 1. The molecular formula is C14H13ClOS. The third-order valence-corrected chi connectivity index (χ3v) is 4.03. The Kier molecular flexibility index (Phi) is 4.11. The first-order chi connectivity index (χ1) is 8.18. The van der Waals surface area contributed by atoms with Crippen LogP contribution in [0.15, 0.2) is 58.3 Å². The highest BCUT2D eigenvalue weighted by Gasteiger charge is 2.09. The summed E-state index contributed by atoms with van der Waals surface area (Å²) in [5.74, 6) is 0. The maximum Gasteiger partial charge on any atom is 0.0772 e. The van der Waals surface area contributed by atoms with E-state index in [9.17, 15) is 5.11 Å². The van der Waals surface area contributed by atoms with Gasteiger partial charge in [0.05, 0.1) is 11.1 Å². The zero-order valence-corrected chi connectivity index (χ0v) is 11.0. The lowest BCUT2D eigenvalue weighted by Crippen LogP contribution is -1.93. The van der Waals surface area contributed by atoms with Crippen molar-refractivity contribution in [1.82, 2.24) is 0 Å². The molecule has 2 rings (SSSR count). The molecule has 0 radical (unpaired) electrons. The van der Waals surface area contributed by atoms with Gasteiger partial charge in [-0.1, -0.05) is 53.7 Å². The van der Waals surface area contributed by atoms with E-state index in [1.165, 1.54) is 0 Å². The molecule has 3 heteroatoms. The van der Waals surface area contributed by atoms with Crippen LogP contribution in [0.1, 0.15) is 18.6 Å². The molecule has 0 bridgehead atoms. The van der Waals surface area contributed by atoms with Crippen molar-refractivity contribution in [3.05, 3.63) is 59.1 Å². The van der Waals surface area contributed by atoms with Gasteiger partial charge in [0.25, 0.3) is 0 Å². The van der Waals surface area contributed by atoms with Crippen LogP contribution < -0.4 is 0 Å². The van der Waals surface area contributed by atoms with Crippen LogP contribution in [-0.4, -0.2) is 5.11 Å². The highest BCUT2D eigenvalue weighted by atomic mass is 35.5. The van der Waals surface area contributed by atoms with Gasteiger partial charge in [-0.25, -0.2) is 0 Å². The molecule has 0 unspecified atom stereocenters. The van der Waals surface area contributed by atoms with Gasteiger partial charge >= 0.3 is 0 Å². The number of aliphatic hydroxyl groups is 1. The van der Waals surface area contributed by atoms with E-state index in [2.05, 4.69) is 0 Å². The normalized spacial score (nSPS) is 12.4. The van der Waals surface area contributed by atoms with Gasteiger partial charge in [-0.3, -0.25) is 0 Å². The molecule has 0 spiro atoms. The summed E-state index contributed by atoms with van der Waals surface area (Å²) in [6.45, 7) is 1.77. The molecular weight excluding hydrogens is 252 g/mol. The Labute approximate surface area is 110 Å². The molecule has 2 aromatic rings. The molecule has 0 aliphatic heterocycles. The fourth-order valence-corrected chi connectivity index (χ4v) is 2.87. The molecule has 88 valence electrons. The van der Waals surface area contributed by atoms with Gasteiger partial charge in [0.15, 0.2) is 0 Å². The summed E-state index contributed by atoms with van der Waals surface area (Å²) in [5.41, 5.74) is 0.928. The molecule has 0 heterocycles. The van der Waals surface area contributed by atoms with Gasteiger partial charge in [-0.05, 0) is 30.7 Å². The molecule has 0 amide bonds. The average Bonchev–Trinajstić information content (AvgIpc) is 2.32. The van der Waals surface area contributed by atoms with E-state index >= 15 is 0 Å². The predicted octanol–water partition coefficient (Wildman–Crippen LogP) is 4.54. The number of aliphatic hydroxyl groups excluding tert-OH is 1. The van der Waals surface area contributed by atoms with Crippen molar-refractivity contribution in [2.45, 2.75) is 22.8 Å². The fraction of sp³-hybridized carbons (Fsp3) is 0.143. The summed E-state index contributed by atoms with van der Waals surface area (Å²) >= 11 is 7.70. The quantitative estimate of drug-likeness (QED) is 0.878. The Hall–Kier alpha value is -0.960. The second-order valence-corrected chi connectivity index (χ2v) is 5.24. The highest BCUT2D eigenvalue weighted by Crippen LogP contribution is 2.36. The number of hydrogen-bond acceptors (Lipinski definition) is 2. The molecule has 0 fully saturated rings. The molecule has 0 aliphatic rings. The van der Waals surface area contributed by atoms with Crippen molar-refractivity contribution in [3.8, 4) is 0 Å².